The highest BCUT2D eigenvalue weighted by molar-refractivity contribution is 5.72. The minimum Gasteiger partial charge on any atom is -0.364 e. The van der Waals surface area contributed by atoms with Gasteiger partial charge in [0.25, 0.3) is 0 Å². The van der Waals surface area contributed by atoms with Gasteiger partial charge in [-0.1, -0.05) is 12.1 Å². The fraction of sp³-hybridized carbons (Fsp3) is 0.296. The van der Waals surface area contributed by atoms with Gasteiger partial charge in [-0.05, 0) is 73.8 Å². The van der Waals surface area contributed by atoms with Gasteiger partial charge in [-0.3, -0.25) is 4.57 Å². The Kier molecular flexibility index (Phi) is 3.95. The molecule has 0 amide bonds. The molecule has 3 aliphatic heterocycles. The van der Waals surface area contributed by atoms with E-state index in [1.807, 2.05) is 24.5 Å². The van der Waals surface area contributed by atoms with Gasteiger partial charge in [0.2, 0.25) is 0 Å². The number of nitrogens with zero attached hydrogens (tertiary/aromatic N) is 4. The van der Waals surface area contributed by atoms with Crippen molar-refractivity contribution in [3.05, 3.63) is 78.5 Å². The van der Waals surface area contributed by atoms with E-state index in [4.69, 9.17) is 4.98 Å². The highest BCUT2D eigenvalue weighted by Crippen LogP contribution is 2.41. The molecule has 2 atom stereocenters. The quantitative estimate of drug-likeness (QED) is 0.428. The molecule has 5 nitrogen and oxygen atoms in total. The molecule has 2 aromatic heterocycles. The Hall–Kier alpha value is -3.38. The molecule has 5 heterocycles. The van der Waals surface area contributed by atoms with Crippen LogP contribution in [-0.2, 0) is 6.54 Å². The summed E-state index contributed by atoms with van der Waals surface area (Å²) in [5, 5.41) is 3.69. The SMILES string of the molecule is C[C@]12CCN[C@@H]1CCN2c1ccc2c(c1)Cn1cc(-c3ccc(F)cc3)cc1-c1nccn1-2. The molecule has 166 valence electrons. The average molecular weight is 440 g/mol. The van der Waals surface area contributed by atoms with Crippen molar-refractivity contribution in [3.8, 4) is 28.3 Å². The summed E-state index contributed by atoms with van der Waals surface area (Å²) in [7, 11) is 0. The van der Waals surface area contributed by atoms with Crippen LogP contribution < -0.4 is 10.2 Å². The number of fused-ring (bicyclic) bond motifs is 6. The summed E-state index contributed by atoms with van der Waals surface area (Å²) in [4.78, 5) is 7.31. The Balaban J connectivity index is 1.33. The van der Waals surface area contributed by atoms with Crippen LogP contribution in [0.2, 0.25) is 0 Å². The fourth-order valence-corrected chi connectivity index (χ4v) is 6.17. The first-order chi connectivity index (χ1) is 16.1. The molecule has 6 heteroatoms. The Morgan fingerprint density at radius 1 is 1.09 bits per heavy atom. The van der Waals surface area contributed by atoms with Crippen LogP contribution in [0.1, 0.15) is 25.3 Å². The first-order valence-electron chi connectivity index (χ1n) is 11.7. The van der Waals surface area contributed by atoms with Gasteiger partial charge in [0.05, 0.1) is 16.9 Å². The van der Waals surface area contributed by atoms with Crippen molar-refractivity contribution in [2.75, 3.05) is 18.0 Å². The zero-order chi connectivity index (χ0) is 22.2. The lowest BCUT2D eigenvalue weighted by atomic mass is 9.93. The van der Waals surface area contributed by atoms with Crippen LogP contribution in [0.4, 0.5) is 10.1 Å². The first-order valence-corrected chi connectivity index (χ1v) is 11.7. The molecule has 2 saturated heterocycles. The third-order valence-electron chi connectivity index (χ3n) is 7.95. The molecule has 0 aliphatic carbocycles. The van der Waals surface area contributed by atoms with Crippen molar-refractivity contribution in [3.63, 3.8) is 0 Å². The van der Waals surface area contributed by atoms with E-state index in [1.165, 1.54) is 41.9 Å². The van der Waals surface area contributed by atoms with Crippen molar-refractivity contribution in [2.24, 2.45) is 0 Å². The molecule has 4 aromatic rings. The van der Waals surface area contributed by atoms with E-state index in [0.717, 1.165) is 42.3 Å². The predicted molar refractivity (Wildman–Crippen MR) is 128 cm³/mol. The molecule has 33 heavy (non-hydrogen) atoms. The Morgan fingerprint density at radius 2 is 1.97 bits per heavy atom. The van der Waals surface area contributed by atoms with E-state index in [-0.39, 0.29) is 11.4 Å². The van der Waals surface area contributed by atoms with E-state index in [2.05, 4.69) is 56.7 Å². The lowest BCUT2D eigenvalue weighted by Gasteiger charge is -2.37. The molecule has 3 aliphatic rings. The minimum atomic E-state index is -0.216. The van der Waals surface area contributed by atoms with Gasteiger partial charge in [0.15, 0.2) is 5.82 Å². The van der Waals surface area contributed by atoms with Crippen molar-refractivity contribution < 1.29 is 4.39 Å². The maximum Gasteiger partial charge on any atom is 0.161 e. The van der Waals surface area contributed by atoms with E-state index in [9.17, 15) is 4.39 Å². The molecule has 1 N–H and O–H groups in total. The van der Waals surface area contributed by atoms with Crippen LogP contribution in [0, 0.1) is 5.82 Å². The van der Waals surface area contributed by atoms with Gasteiger partial charge in [-0.2, -0.15) is 0 Å². The highest BCUT2D eigenvalue weighted by atomic mass is 19.1. The van der Waals surface area contributed by atoms with E-state index in [0.29, 0.717) is 6.04 Å². The number of hydrogen-bond donors (Lipinski definition) is 1. The molecular formula is C27H26FN5. The fourth-order valence-electron chi connectivity index (χ4n) is 6.17. The summed E-state index contributed by atoms with van der Waals surface area (Å²) < 4.78 is 17.9. The first kappa shape index (κ1) is 19.1. The lowest BCUT2D eigenvalue weighted by molar-refractivity contribution is 0.446. The van der Waals surface area contributed by atoms with Crippen LogP contribution in [0.25, 0.3) is 28.3 Å². The normalized spacial score (nSPS) is 23.1. The van der Waals surface area contributed by atoms with Gasteiger partial charge < -0.3 is 14.8 Å². The van der Waals surface area contributed by atoms with Crippen LogP contribution >= 0.6 is 0 Å². The van der Waals surface area contributed by atoms with Gasteiger partial charge in [-0.25, -0.2) is 9.37 Å². The molecule has 7 rings (SSSR count). The summed E-state index contributed by atoms with van der Waals surface area (Å²) in [6.45, 7) is 5.37. The second kappa shape index (κ2) is 6.81. The number of imidazole rings is 1. The van der Waals surface area contributed by atoms with Crippen LogP contribution in [0.15, 0.2) is 67.1 Å². The number of aromatic nitrogens is 3. The van der Waals surface area contributed by atoms with E-state index >= 15 is 0 Å². The number of halogens is 1. The van der Waals surface area contributed by atoms with E-state index < -0.39 is 0 Å². The Morgan fingerprint density at radius 3 is 2.85 bits per heavy atom. The third-order valence-corrected chi connectivity index (χ3v) is 7.95. The van der Waals surface area contributed by atoms with Crippen molar-refractivity contribution >= 4 is 5.69 Å². The van der Waals surface area contributed by atoms with Crippen molar-refractivity contribution in [1.82, 2.24) is 19.4 Å². The standard InChI is InChI=1S/C27H26FN5/c1-27-9-10-29-25(27)8-12-33(27)22-6-7-23-20(14-22)17-31-16-19(18-2-4-21(28)5-3-18)15-24(31)26-30-11-13-32(23)26/h2-7,11,13-16,25,29H,8-10,12,17H2,1H3/t25-,27+/m1/s1. The lowest BCUT2D eigenvalue weighted by Crippen LogP contribution is -2.46. The maximum atomic E-state index is 13.5. The smallest absolute Gasteiger partial charge is 0.161 e. The molecule has 0 unspecified atom stereocenters. The Bertz CT molecular complexity index is 1370. The number of anilines is 1. The molecule has 0 saturated carbocycles. The van der Waals surface area contributed by atoms with Crippen molar-refractivity contribution in [2.45, 2.75) is 37.9 Å². The summed E-state index contributed by atoms with van der Waals surface area (Å²) in [5.74, 6) is 0.717. The van der Waals surface area contributed by atoms with Crippen molar-refractivity contribution in [1.29, 1.82) is 0 Å². The highest BCUT2D eigenvalue weighted by Gasteiger charge is 2.48. The topological polar surface area (TPSA) is 38.0 Å². The number of rotatable bonds is 2. The second-order valence-electron chi connectivity index (χ2n) is 9.74. The predicted octanol–water partition coefficient (Wildman–Crippen LogP) is 4.84. The van der Waals surface area contributed by atoms with Gasteiger partial charge in [0.1, 0.15) is 5.82 Å². The number of benzene rings is 2. The van der Waals surface area contributed by atoms with Crippen LogP contribution in [0.3, 0.4) is 0 Å². The largest absolute Gasteiger partial charge is 0.364 e. The van der Waals surface area contributed by atoms with E-state index in [1.54, 1.807) is 0 Å². The summed E-state index contributed by atoms with van der Waals surface area (Å²) in [6.07, 6.45) is 8.45. The zero-order valence-electron chi connectivity index (χ0n) is 18.6. The second-order valence-corrected chi connectivity index (χ2v) is 9.74. The van der Waals surface area contributed by atoms with Crippen LogP contribution in [0.5, 0.6) is 0 Å². The molecule has 2 aromatic carbocycles. The van der Waals surface area contributed by atoms with Gasteiger partial charge in [-0.15, -0.1) is 0 Å². The number of nitrogens with one attached hydrogen (secondary N) is 1. The third kappa shape index (κ3) is 2.77. The Labute approximate surface area is 192 Å². The summed E-state index contributed by atoms with van der Waals surface area (Å²) in [5.41, 5.74) is 7.12. The monoisotopic (exact) mass is 439 g/mol. The van der Waals surface area contributed by atoms with Gasteiger partial charge >= 0.3 is 0 Å². The summed E-state index contributed by atoms with van der Waals surface area (Å²) in [6, 6.07) is 16.3. The maximum absolute atomic E-state index is 13.5. The minimum absolute atomic E-state index is 0.188. The zero-order valence-corrected chi connectivity index (χ0v) is 18.6. The molecule has 0 bridgehead atoms. The van der Waals surface area contributed by atoms with Crippen LogP contribution in [-0.4, -0.2) is 38.8 Å². The molecule has 0 radical (unpaired) electrons. The molecule has 2 fully saturated rings. The van der Waals surface area contributed by atoms with Gasteiger partial charge in [0, 0.05) is 49.0 Å². The summed E-state index contributed by atoms with van der Waals surface area (Å²) >= 11 is 0. The number of hydrogen-bond acceptors (Lipinski definition) is 3. The average Bonchev–Trinajstić information content (AvgIpc) is 3.56. The molecule has 0 spiro atoms. The molecular weight excluding hydrogens is 413 g/mol.